The highest BCUT2D eigenvalue weighted by atomic mass is 28.4. The lowest BCUT2D eigenvalue weighted by molar-refractivity contribution is -0.148. The number of methoxy groups -OCH3 is 2. The van der Waals surface area contributed by atoms with Crippen LogP contribution in [0.4, 0.5) is 0 Å². The van der Waals surface area contributed by atoms with E-state index in [-0.39, 0.29) is 42.2 Å². The third-order valence-electron chi connectivity index (χ3n) is 7.19. The minimum Gasteiger partial charge on any atom is -0.469 e. The maximum Gasteiger partial charge on any atom is 0.305 e. The number of ether oxygens (including phenoxy) is 5. The zero-order valence-electron chi connectivity index (χ0n) is 24.7. The van der Waals surface area contributed by atoms with E-state index in [4.69, 9.17) is 28.1 Å². The lowest BCUT2D eigenvalue weighted by Crippen LogP contribution is -2.47. The molecule has 212 valence electrons. The molecule has 1 rings (SSSR count). The molecule has 0 amide bonds. The lowest BCUT2D eigenvalue weighted by atomic mass is 10.0. The van der Waals surface area contributed by atoms with E-state index in [2.05, 4.69) is 52.9 Å². The topological polar surface area (TPSA) is 72.5 Å². The standard InChI is InChI=1S/C28H54O7Si/c1-11-12-13-14-16-22(32-21-30-7)25(35-36(9,10)27(2,3)4)18-15-17-23-24(19-20-26(29)31-8)34-28(5,6)33-23/h15,17,22-25H,11-14,16,18-21H2,1-10H3/b17-15+/t22?,23-,24-,25?/m0/s1. The van der Waals surface area contributed by atoms with Gasteiger partial charge in [-0.25, -0.2) is 0 Å². The Kier molecular flexibility index (Phi) is 14.4. The summed E-state index contributed by atoms with van der Waals surface area (Å²) in [5, 5.41) is 0.0917. The van der Waals surface area contributed by atoms with Crippen LogP contribution in [-0.2, 0) is 32.9 Å². The Labute approximate surface area is 221 Å². The van der Waals surface area contributed by atoms with E-state index < -0.39 is 14.1 Å². The van der Waals surface area contributed by atoms with Gasteiger partial charge in [-0.2, -0.15) is 0 Å². The number of hydrogen-bond donors (Lipinski definition) is 0. The second-order valence-electron chi connectivity index (χ2n) is 11.8. The van der Waals surface area contributed by atoms with E-state index in [0.717, 1.165) is 12.8 Å². The molecule has 0 N–H and O–H groups in total. The molecule has 0 spiro atoms. The number of esters is 1. The van der Waals surface area contributed by atoms with Crippen molar-refractivity contribution in [3.8, 4) is 0 Å². The Hall–Kier alpha value is -0.773. The highest BCUT2D eigenvalue weighted by molar-refractivity contribution is 6.74. The normalized spacial score (nSPS) is 22.2. The monoisotopic (exact) mass is 530 g/mol. The molecule has 1 heterocycles. The Morgan fingerprint density at radius 3 is 2.36 bits per heavy atom. The SMILES string of the molecule is CCCCCCC(OCOC)C(C/C=C/[C@@H]1OC(C)(C)O[C@H]1CCC(=O)OC)O[Si](C)(C)C(C)(C)C. The van der Waals surface area contributed by atoms with Crippen LogP contribution in [0.25, 0.3) is 0 Å². The zero-order chi connectivity index (χ0) is 27.4. The average molecular weight is 531 g/mol. The fraction of sp³-hybridized carbons (Fsp3) is 0.893. The number of rotatable bonds is 17. The Bertz CT molecular complexity index is 657. The van der Waals surface area contributed by atoms with Crippen LogP contribution in [0.5, 0.6) is 0 Å². The first-order valence-corrected chi connectivity index (χ1v) is 16.5. The first-order chi connectivity index (χ1) is 16.8. The van der Waals surface area contributed by atoms with E-state index in [1.807, 2.05) is 13.8 Å². The van der Waals surface area contributed by atoms with Gasteiger partial charge in [0.25, 0.3) is 0 Å². The van der Waals surface area contributed by atoms with Crippen molar-refractivity contribution in [3.63, 3.8) is 0 Å². The molecule has 4 atom stereocenters. The van der Waals surface area contributed by atoms with E-state index in [0.29, 0.717) is 19.3 Å². The minimum atomic E-state index is -2.03. The zero-order valence-corrected chi connectivity index (χ0v) is 25.7. The van der Waals surface area contributed by atoms with Gasteiger partial charge in [-0.1, -0.05) is 65.5 Å². The summed E-state index contributed by atoms with van der Waals surface area (Å²) in [5.41, 5.74) is 0. The van der Waals surface area contributed by atoms with Gasteiger partial charge in [-0.05, 0) is 51.2 Å². The molecule has 0 saturated carbocycles. The number of hydrogen-bond acceptors (Lipinski definition) is 7. The van der Waals surface area contributed by atoms with Crippen molar-refractivity contribution in [2.24, 2.45) is 0 Å². The third kappa shape index (κ3) is 11.7. The number of unbranched alkanes of at least 4 members (excludes halogenated alkanes) is 3. The molecular formula is C28H54O7Si. The van der Waals surface area contributed by atoms with Gasteiger partial charge in [0.1, 0.15) is 12.9 Å². The molecule has 1 aliphatic rings. The van der Waals surface area contributed by atoms with Crippen LogP contribution in [0.1, 0.15) is 92.9 Å². The van der Waals surface area contributed by atoms with Crippen LogP contribution in [0, 0.1) is 0 Å². The fourth-order valence-corrected chi connectivity index (χ4v) is 5.45. The maximum atomic E-state index is 11.7. The Morgan fingerprint density at radius 2 is 1.78 bits per heavy atom. The predicted molar refractivity (Wildman–Crippen MR) is 146 cm³/mol. The molecule has 0 radical (unpaired) electrons. The molecular weight excluding hydrogens is 476 g/mol. The highest BCUT2D eigenvalue weighted by Crippen LogP contribution is 2.39. The summed E-state index contributed by atoms with van der Waals surface area (Å²) >= 11 is 0. The summed E-state index contributed by atoms with van der Waals surface area (Å²) in [6.45, 7) is 17.6. The third-order valence-corrected chi connectivity index (χ3v) is 11.7. The van der Waals surface area contributed by atoms with E-state index >= 15 is 0 Å². The van der Waals surface area contributed by atoms with Crippen molar-refractivity contribution >= 4 is 14.3 Å². The second kappa shape index (κ2) is 15.6. The first kappa shape index (κ1) is 33.3. The van der Waals surface area contributed by atoms with Gasteiger partial charge in [0, 0.05) is 13.5 Å². The van der Waals surface area contributed by atoms with Gasteiger partial charge in [0.2, 0.25) is 0 Å². The fourth-order valence-electron chi connectivity index (χ4n) is 4.09. The molecule has 0 aromatic heterocycles. The van der Waals surface area contributed by atoms with Crippen molar-refractivity contribution in [1.29, 1.82) is 0 Å². The quantitative estimate of drug-likeness (QED) is 0.0676. The van der Waals surface area contributed by atoms with Crippen LogP contribution in [0.15, 0.2) is 12.2 Å². The highest BCUT2D eigenvalue weighted by Gasteiger charge is 2.42. The van der Waals surface area contributed by atoms with E-state index in [1.54, 1.807) is 7.11 Å². The van der Waals surface area contributed by atoms with Crippen molar-refractivity contribution in [1.82, 2.24) is 0 Å². The molecule has 1 saturated heterocycles. The Morgan fingerprint density at radius 1 is 1.08 bits per heavy atom. The van der Waals surface area contributed by atoms with Gasteiger partial charge in [-0.3, -0.25) is 4.79 Å². The summed E-state index contributed by atoms with van der Waals surface area (Å²) in [6.07, 6.45) is 10.8. The van der Waals surface area contributed by atoms with Crippen LogP contribution in [0.2, 0.25) is 18.1 Å². The lowest BCUT2D eigenvalue weighted by Gasteiger charge is -2.41. The number of carbonyl (C=O) groups excluding carboxylic acids is 1. The first-order valence-electron chi connectivity index (χ1n) is 13.6. The van der Waals surface area contributed by atoms with Crippen molar-refractivity contribution in [3.05, 3.63) is 12.2 Å². The molecule has 2 unspecified atom stereocenters. The molecule has 1 aliphatic heterocycles. The average Bonchev–Trinajstić information content (AvgIpc) is 3.08. The van der Waals surface area contributed by atoms with Crippen LogP contribution in [0.3, 0.4) is 0 Å². The summed E-state index contributed by atoms with van der Waals surface area (Å²) in [5.74, 6) is -0.939. The van der Waals surface area contributed by atoms with Gasteiger partial charge in [0.05, 0.1) is 25.4 Å². The van der Waals surface area contributed by atoms with Crippen molar-refractivity contribution in [2.75, 3.05) is 21.0 Å². The van der Waals surface area contributed by atoms with Gasteiger partial charge in [0.15, 0.2) is 14.1 Å². The predicted octanol–water partition coefficient (Wildman–Crippen LogP) is 6.76. The molecule has 1 fully saturated rings. The molecule has 0 aromatic carbocycles. The molecule has 0 aromatic rings. The smallest absolute Gasteiger partial charge is 0.305 e. The largest absolute Gasteiger partial charge is 0.469 e. The molecule has 7 nitrogen and oxygen atoms in total. The molecule has 8 heteroatoms. The van der Waals surface area contributed by atoms with E-state index in [9.17, 15) is 4.79 Å². The Balaban J connectivity index is 3.03. The summed E-state index contributed by atoms with van der Waals surface area (Å²) < 4.78 is 35.4. The van der Waals surface area contributed by atoms with Gasteiger partial charge in [-0.15, -0.1) is 0 Å². The van der Waals surface area contributed by atoms with Crippen molar-refractivity contribution in [2.45, 2.75) is 141 Å². The minimum absolute atomic E-state index is 0.0483. The number of carbonyl (C=O) groups is 1. The van der Waals surface area contributed by atoms with Gasteiger partial charge < -0.3 is 28.1 Å². The van der Waals surface area contributed by atoms with Crippen LogP contribution < -0.4 is 0 Å². The second-order valence-corrected chi connectivity index (χ2v) is 16.6. The summed E-state index contributed by atoms with van der Waals surface area (Å²) in [7, 11) is 1.03. The van der Waals surface area contributed by atoms with Crippen LogP contribution in [-0.4, -0.2) is 65.5 Å². The molecule has 0 bridgehead atoms. The van der Waals surface area contributed by atoms with Crippen molar-refractivity contribution < 1.29 is 32.9 Å². The molecule has 0 aliphatic carbocycles. The van der Waals surface area contributed by atoms with Crippen LogP contribution >= 0.6 is 0 Å². The molecule has 36 heavy (non-hydrogen) atoms. The van der Waals surface area contributed by atoms with E-state index in [1.165, 1.54) is 26.4 Å². The summed E-state index contributed by atoms with van der Waals surface area (Å²) in [6, 6.07) is 0. The van der Waals surface area contributed by atoms with Gasteiger partial charge >= 0.3 is 5.97 Å². The summed E-state index contributed by atoms with van der Waals surface area (Å²) in [4.78, 5) is 11.7. The maximum absolute atomic E-state index is 11.7.